The van der Waals surface area contributed by atoms with Gasteiger partial charge in [0.2, 0.25) is 5.91 Å². The molecule has 3 heterocycles. The van der Waals surface area contributed by atoms with Crippen molar-refractivity contribution in [3.05, 3.63) is 62.5 Å². The van der Waals surface area contributed by atoms with Crippen LogP contribution in [0.3, 0.4) is 0 Å². The lowest BCUT2D eigenvalue weighted by Crippen LogP contribution is -2.29. The minimum Gasteiger partial charge on any atom is -0.480 e. The number of hydrogen-bond acceptors (Lipinski definition) is 7. The van der Waals surface area contributed by atoms with E-state index < -0.39 is 18.1 Å². The predicted octanol–water partition coefficient (Wildman–Crippen LogP) is 5.09. The summed E-state index contributed by atoms with van der Waals surface area (Å²) in [5.74, 6) is 0.332. The molecule has 0 saturated heterocycles. The zero-order valence-corrected chi connectivity index (χ0v) is 24.6. The Morgan fingerprint density at radius 1 is 1.13 bits per heavy atom. The van der Waals surface area contributed by atoms with E-state index >= 15 is 0 Å². The van der Waals surface area contributed by atoms with Gasteiger partial charge in [-0.3, -0.25) is 19.1 Å². The number of fused-ring (bicyclic) bond motifs is 3. The van der Waals surface area contributed by atoms with Gasteiger partial charge < -0.3 is 16.2 Å². The van der Waals surface area contributed by atoms with Crippen LogP contribution in [-0.4, -0.2) is 50.0 Å². The highest BCUT2D eigenvalue weighted by atomic mass is 35.5. The van der Waals surface area contributed by atoms with Crippen molar-refractivity contribution in [2.45, 2.75) is 71.4 Å². The summed E-state index contributed by atoms with van der Waals surface area (Å²) in [4.78, 5) is 30.1. The smallest absolute Gasteiger partial charge is 0.320 e. The van der Waals surface area contributed by atoms with Gasteiger partial charge in [-0.2, -0.15) is 0 Å². The molecule has 1 aromatic carbocycles. The van der Waals surface area contributed by atoms with E-state index in [2.05, 4.69) is 29.4 Å². The van der Waals surface area contributed by atoms with Crippen molar-refractivity contribution in [1.29, 1.82) is 0 Å². The summed E-state index contributed by atoms with van der Waals surface area (Å²) < 4.78 is 2.03. The summed E-state index contributed by atoms with van der Waals surface area (Å²) in [6, 6.07) is 6.30. The van der Waals surface area contributed by atoms with Gasteiger partial charge in [-0.05, 0) is 51.3 Å². The second kappa shape index (κ2) is 13.5. The van der Waals surface area contributed by atoms with E-state index in [-0.39, 0.29) is 24.7 Å². The number of carbonyl (C=O) groups excluding carboxylic acids is 1. The molecule has 210 valence electrons. The Hall–Kier alpha value is -2.79. The lowest BCUT2D eigenvalue weighted by Gasteiger charge is -2.13. The number of thiophene rings is 1. The molecular weight excluding hydrogens is 559 g/mol. The Kier molecular flexibility index (Phi) is 10.7. The number of rotatable bonds is 11. The first-order chi connectivity index (χ1) is 18.2. The van der Waals surface area contributed by atoms with E-state index in [0.717, 1.165) is 58.9 Å². The highest BCUT2D eigenvalue weighted by Gasteiger charge is 2.32. The van der Waals surface area contributed by atoms with Crippen LogP contribution in [0.4, 0.5) is 0 Å². The molecule has 4 N–H and O–H groups in total. The average molecular weight is 594 g/mol. The Labute approximate surface area is 243 Å². The van der Waals surface area contributed by atoms with E-state index in [1.54, 1.807) is 11.3 Å². The van der Waals surface area contributed by atoms with E-state index in [9.17, 15) is 9.59 Å². The molecule has 39 heavy (non-hydrogen) atoms. The third-order valence-corrected chi connectivity index (χ3v) is 8.26. The molecule has 0 saturated carbocycles. The Morgan fingerprint density at radius 2 is 1.82 bits per heavy atom. The fourth-order valence-electron chi connectivity index (χ4n) is 4.57. The van der Waals surface area contributed by atoms with Gasteiger partial charge in [-0.15, -0.1) is 33.9 Å². The maximum atomic E-state index is 13.0. The Balaban J connectivity index is 0.00000420. The molecule has 0 spiro atoms. The number of benzene rings is 1. The van der Waals surface area contributed by atoms with Gasteiger partial charge in [-0.25, -0.2) is 0 Å². The van der Waals surface area contributed by atoms with Crippen LogP contribution in [0.2, 0.25) is 5.02 Å². The van der Waals surface area contributed by atoms with Crippen molar-refractivity contribution < 1.29 is 14.7 Å². The van der Waals surface area contributed by atoms with Crippen LogP contribution in [0, 0.1) is 20.8 Å². The van der Waals surface area contributed by atoms with E-state index in [1.165, 1.54) is 4.88 Å². The second-order valence-corrected chi connectivity index (χ2v) is 11.2. The number of hydrogen-bond donors (Lipinski definition) is 3. The van der Waals surface area contributed by atoms with Gasteiger partial charge in [0.05, 0.1) is 12.1 Å². The van der Waals surface area contributed by atoms with E-state index in [4.69, 9.17) is 27.4 Å². The zero-order chi connectivity index (χ0) is 27.4. The molecule has 12 heteroatoms. The highest BCUT2D eigenvalue weighted by molar-refractivity contribution is 7.15. The van der Waals surface area contributed by atoms with Crippen LogP contribution in [0.15, 0.2) is 29.3 Å². The number of carboxylic acids is 1. The second-order valence-electron chi connectivity index (χ2n) is 9.61. The monoisotopic (exact) mass is 592 g/mol. The minimum atomic E-state index is -0.968. The van der Waals surface area contributed by atoms with Crippen LogP contribution < -0.4 is 11.1 Å². The average Bonchev–Trinajstić information content (AvgIpc) is 3.35. The molecule has 1 amide bonds. The molecule has 4 rings (SSSR count). The first kappa shape index (κ1) is 30.7. The fourth-order valence-corrected chi connectivity index (χ4v) is 5.91. The number of aliphatic imine (C=N–C) groups is 1. The molecule has 3 aromatic rings. The van der Waals surface area contributed by atoms with Gasteiger partial charge in [0.15, 0.2) is 5.82 Å². The van der Waals surface area contributed by atoms with Crippen molar-refractivity contribution in [3.63, 3.8) is 0 Å². The third kappa shape index (κ3) is 7.05. The lowest BCUT2D eigenvalue weighted by atomic mass is 9.99. The first-order valence-corrected chi connectivity index (χ1v) is 14.0. The summed E-state index contributed by atoms with van der Waals surface area (Å²) in [7, 11) is 0. The van der Waals surface area contributed by atoms with Crippen molar-refractivity contribution in [1.82, 2.24) is 20.1 Å². The maximum absolute atomic E-state index is 13.0. The Bertz CT molecular complexity index is 1350. The summed E-state index contributed by atoms with van der Waals surface area (Å²) in [6.07, 6.45) is 3.93. The molecule has 9 nitrogen and oxygen atoms in total. The molecule has 1 unspecified atom stereocenters. The molecular formula is C27H34Cl2N6O3S. The number of carbonyl (C=O) groups is 2. The molecule has 1 aliphatic heterocycles. The zero-order valence-electron chi connectivity index (χ0n) is 22.2. The third-order valence-electron chi connectivity index (χ3n) is 6.82. The predicted molar refractivity (Wildman–Crippen MR) is 157 cm³/mol. The standard InChI is InChI=1S/C27H33ClN6O3S.ClH/c1-15-16(2)38-26-23(15)24(18-9-11-19(28)12-10-18)31-21(25-33-32-17(3)34(25)26)14-22(35)30-13-7-5-4-6-8-20(29)27(36)37;/h9-12,20-21H,4-8,13-14,29H2,1-3H3,(H,30,35)(H,36,37);1H/t20?,21-;/m0./s1. The number of nitrogens with zero attached hydrogens (tertiary/aromatic N) is 4. The fraction of sp³-hybridized carbons (Fsp3) is 0.444. The topological polar surface area (TPSA) is 135 Å². The minimum absolute atomic E-state index is 0. The van der Waals surface area contributed by atoms with Crippen molar-refractivity contribution >= 4 is 52.9 Å². The number of aromatic nitrogens is 3. The van der Waals surface area contributed by atoms with Crippen LogP contribution in [0.5, 0.6) is 0 Å². The number of unbranched alkanes of at least 4 members (excludes halogenated alkanes) is 3. The molecule has 0 fully saturated rings. The quantitative estimate of drug-likeness (QED) is 0.265. The summed E-state index contributed by atoms with van der Waals surface area (Å²) in [5.41, 5.74) is 9.47. The first-order valence-electron chi connectivity index (χ1n) is 12.8. The number of carboxylic acid groups (broad SMARTS) is 1. The molecule has 2 atom stereocenters. The molecule has 0 aliphatic carbocycles. The lowest BCUT2D eigenvalue weighted by molar-refractivity contribution is -0.138. The van der Waals surface area contributed by atoms with Gasteiger partial charge in [0.25, 0.3) is 0 Å². The molecule has 1 aliphatic rings. The van der Waals surface area contributed by atoms with Crippen LogP contribution in [0.25, 0.3) is 5.00 Å². The van der Waals surface area contributed by atoms with Gasteiger partial charge in [-0.1, -0.05) is 43.0 Å². The van der Waals surface area contributed by atoms with Crippen LogP contribution in [-0.2, 0) is 9.59 Å². The molecule has 2 aromatic heterocycles. The number of aryl methyl sites for hydroxylation is 2. The van der Waals surface area contributed by atoms with Crippen molar-refractivity contribution in [2.24, 2.45) is 10.7 Å². The van der Waals surface area contributed by atoms with Crippen molar-refractivity contribution in [3.8, 4) is 5.00 Å². The SMILES string of the molecule is Cc1sc2c(c1C)C(c1ccc(Cl)cc1)=N[C@@H](CC(=O)NCCCCCCC(N)C(=O)O)c1nnc(C)n1-2.Cl. The molecule has 0 bridgehead atoms. The summed E-state index contributed by atoms with van der Waals surface area (Å²) >= 11 is 7.84. The maximum Gasteiger partial charge on any atom is 0.320 e. The number of amides is 1. The Morgan fingerprint density at radius 3 is 2.51 bits per heavy atom. The largest absolute Gasteiger partial charge is 0.480 e. The van der Waals surface area contributed by atoms with Crippen molar-refractivity contribution in [2.75, 3.05) is 6.54 Å². The summed E-state index contributed by atoms with van der Waals surface area (Å²) in [5, 5.41) is 22.3. The number of aliphatic carboxylic acids is 1. The van der Waals surface area contributed by atoms with Crippen LogP contribution >= 0.6 is 35.3 Å². The normalized spacial score (nSPS) is 14.9. The highest BCUT2D eigenvalue weighted by Crippen LogP contribution is 2.39. The number of halogens is 2. The van der Waals surface area contributed by atoms with E-state index in [1.807, 2.05) is 35.8 Å². The van der Waals surface area contributed by atoms with Gasteiger partial charge in [0.1, 0.15) is 22.9 Å². The van der Waals surface area contributed by atoms with E-state index in [0.29, 0.717) is 23.8 Å². The summed E-state index contributed by atoms with van der Waals surface area (Å²) in [6.45, 7) is 6.65. The van der Waals surface area contributed by atoms with Gasteiger partial charge >= 0.3 is 5.97 Å². The van der Waals surface area contributed by atoms with Gasteiger partial charge in [0, 0.05) is 27.6 Å². The van der Waals surface area contributed by atoms with Crippen LogP contribution in [0.1, 0.15) is 77.8 Å². The number of nitrogens with two attached hydrogens (primary N) is 1. The number of nitrogens with one attached hydrogen (secondary N) is 1. The molecule has 0 radical (unpaired) electrons.